The lowest BCUT2D eigenvalue weighted by Crippen LogP contribution is -2.11. The lowest BCUT2D eigenvalue weighted by Gasteiger charge is -2.07. The lowest BCUT2D eigenvalue weighted by molar-refractivity contribution is 0.416. The van der Waals surface area contributed by atoms with E-state index in [-0.39, 0.29) is 5.56 Å². The predicted octanol–water partition coefficient (Wildman–Crippen LogP) is 2.70. The van der Waals surface area contributed by atoms with E-state index in [0.29, 0.717) is 25.7 Å². The van der Waals surface area contributed by atoms with Gasteiger partial charge in [0.1, 0.15) is 11.6 Å². The van der Waals surface area contributed by atoms with Gasteiger partial charge < -0.3 is 9.72 Å². The molecule has 0 amide bonds. The van der Waals surface area contributed by atoms with Gasteiger partial charge in [-0.1, -0.05) is 11.6 Å². The molecule has 6 heteroatoms. The van der Waals surface area contributed by atoms with Crippen LogP contribution in [0.4, 0.5) is 0 Å². The molecule has 1 aromatic heterocycles. The van der Waals surface area contributed by atoms with E-state index in [4.69, 9.17) is 16.3 Å². The third-order valence-electron chi connectivity index (χ3n) is 2.17. The Bertz CT molecular complexity index is 613. The molecule has 17 heavy (non-hydrogen) atoms. The van der Waals surface area contributed by atoms with Crippen molar-refractivity contribution in [2.75, 3.05) is 7.11 Å². The molecule has 88 valence electrons. The number of benzene rings is 1. The maximum Gasteiger partial charge on any atom is 0.264 e. The quantitative estimate of drug-likeness (QED) is 0.836. The summed E-state index contributed by atoms with van der Waals surface area (Å²) in [5.74, 6) is 1.03. The van der Waals surface area contributed by atoms with Crippen LogP contribution in [-0.2, 0) is 0 Å². The number of nitrogens with zero attached hydrogens (tertiary/aromatic N) is 1. The smallest absolute Gasteiger partial charge is 0.264 e. The Hall–Kier alpha value is -1.08. The van der Waals surface area contributed by atoms with Gasteiger partial charge in [0.25, 0.3) is 5.56 Å². The molecule has 0 radical (unpaired) electrons. The molecule has 0 saturated carbocycles. The Morgan fingerprint density at radius 2 is 2.24 bits per heavy atom. The molecule has 0 atom stereocenters. The van der Waals surface area contributed by atoms with E-state index in [9.17, 15) is 4.79 Å². The Morgan fingerprint density at radius 1 is 1.47 bits per heavy atom. The first-order valence-electron chi connectivity index (χ1n) is 4.70. The lowest BCUT2D eigenvalue weighted by atomic mass is 10.2. The molecule has 0 saturated heterocycles. The molecule has 2 aromatic rings. The van der Waals surface area contributed by atoms with Gasteiger partial charge in [-0.25, -0.2) is 4.98 Å². The molecule has 1 heterocycles. The summed E-state index contributed by atoms with van der Waals surface area (Å²) in [5.41, 5.74) is 0.526. The van der Waals surface area contributed by atoms with Gasteiger partial charge in [-0.2, -0.15) is 0 Å². The van der Waals surface area contributed by atoms with Crippen molar-refractivity contribution in [3.63, 3.8) is 0 Å². The van der Waals surface area contributed by atoms with Gasteiger partial charge in [-0.3, -0.25) is 4.79 Å². The molecule has 0 aliphatic carbocycles. The second-order valence-electron chi connectivity index (χ2n) is 3.25. The van der Waals surface area contributed by atoms with Crippen LogP contribution in [0.25, 0.3) is 11.4 Å². The Morgan fingerprint density at radius 3 is 2.88 bits per heavy atom. The summed E-state index contributed by atoms with van der Waals surface area (Å²) in [4.78, 5) is 18.4. The van der Waals surface area contributed by atoms with Gasteiger partial charge in [0, 0.05) is 11.2 Å². The van der Waals surface area contributed by atoms with Crippen molar-refractivity contribution in [3.8, 4) is 17.1 Å². The van der Waals surface area contributed by atoms with E-state index in [0.717, 1.165) is 0 Å². The zero-order valence-electron chi connectivity index (χ0n) is 8.83. The second-order valence-corrected chi connectivity index (χ2v) is 4.85. The summed E-state index contributed by atoms with van der Waals surface area (Å²) in [6.45, 7) is 0. The molecule has 0 aliphatic heterocycles. The first kappa shape index (κ1) is 12.4. The summed E-state index contributed by atoms with van der Waals surface area (Å²) in [7, 11) is 1.54. The highest BCUT2D eigenvalue weighted by Gasteiger charge is 2.09. The third kappa shape index (κ3) is 2.61. The van der Waals surface area contributed by atoms with Crippen molar-refractivity contribution in [2.24, 2.45) is 0 Å². The number of methoxy groups -OCH3 is 1. The van der Waals surface area contributed by atoms with Gasteiger partial charge in [-0.05, 0) is 40.8 Å². The number of aromatic nitrogens is 2. The normalized spacial score (nSPS) is 10.3. The van der Waals surface area contributed by atoms with Gasteiger partial charge in [0.2, 0.25) is 0 Å². The fourth-order valence-electron chi connectivity index (χ4n) is 1.38. The molecular weight excluding hydrogens is 354 g/mol. The zero-order chi connectivity index (χ0) is 12.4. The van der Waals surface area contributed by atoms with E-state index >= 15 is 0 Å². The number of halogens is 2. The van der Waals surface area contributed by atoms with E-state index in [1.54, 1.807) is 25.3 Å². The van der Waals surface area contributed by atoms with Crippen molar-refractivity contribution in [1.29, 1.82) is 0 Å². The fraction of sp³-hybridized carbons (Fsp3) is 0.0909. The number of aromatic amines is 1. The molecule has 0 unspecified atom stereocenters. The zero-order valence-corrected chi connectivity index (χ0v) is 11.7. The average molecular weight is 363 g/mol. The van der Waals surface area contributed by atoms with Crippen molar-refractivity contribution < 1.29 is 4.74 Å². The summed E-state index contributed by atoms with van der Waals surface area (Å²) in [5, 5.41) is 0.568. The highest BCUT2D eigenvalue weighted by Crippen LogP contribution is 2.29. The highest BCUT2D eigenvalue weighted by molar-refractivity contribution is 14.1. The van der Waals surface area contributed by atoms with Crippen molar-refractivity contribution in [2.45, 2.75) is 0 Å². The molecule has 4 nitrogen and oxygen atoms in total. The van der Waals surface area contributed by atoms with E-state index in [1.165, 1.54) is 6.20 Å². The minimum atomic E-state index is -0.174. The molecule has 0 aliphatic rings. The minimum Gasteiger partial charge on any atom is -0.496 e. The van der Waals surface area contributed by atoms with Crippen LogP contribution < -0.4 is 10.3 Å². The summed E-state index contributed by atoms with van der Waals surface area (Å²) in [6.07, 6.45) is 1.52. The van der Waals surface area contributed by atoms with Crippen LogP contribution in [0.2, 0.25) is 5.02 Å². The standard InChI is InChI=1S/C11H8ClIN2O2/c1-17-9-4-6(12)2-3-7(9)10-14-5-8(13)11(16)15-10/h2-5H,1H3,(H,14,15,16). The van der Waals surface area contributed by atoms with Crippen LogP contribution in [0.15, 0.2) is 29.2 Å². The number of hydrogen-bond acceptors (Lipinski definition) is 3. The number of H-pyrrole nitrogens is 1. The first-order chi connectivity index (χ1) is 8.11. The molecular formula is C11H8ClIN2O2. The number of nitrogens with one attached hydrogen (secondary N) is 1. The SMILES string of the molecule is COc1cc(Cl)ccc1-c1ncc(I)c(=O)[nH]1. The summed E-state index contributed by atoms with van der Waals surface area (Å²) >= 11 is 7.79. The highest BCUT2D eigenvalue weighted by atomic mass is 127. The second kappa shape index (κ2) is 5.05. The maximum atomic E-state index is 11.5. The van der Waals surface area contributed by atoms with Crippen LogP contribution in [0.1, 0.15) is 0 Å². The fourth-order valence-corrected chi connectivity index (χ4v) is 1.81. The van der Waals surface area contributed by atoms with Crippen LogP contribution in [0.5, 0.6) is 5.75 Å². The van der Waals surface area contributed by atoms with Gasteiger partial charge in [-0.15, -0.1) is 0 Å². The predicted molar refractivity (Wildman–Crippen MR) is 74.6 cm³/mol. The average Bonchev–Trinajstić information content (AvgIpc) is 2.32. The van der Waals surface area contributed by atoms with E-state index < -0.39 is 0 Å². The molecule has 0 spiro atoms. The summed E-state index contributed by atoms with van der Waals surface area (Å²) in [6, 6.07) is 5.15. The largest absolute Gasteiger partial charge is 0.496 e. The third-order valence-corrected chi connectivity index (χ3v) is 3.18. The van der Waals surface area contributed by atoms with Crippen LogP contribution in [-0.4, -0.2) is 17.1 Å². The topological polar surface area (TPSA) is 55.0 Å². The Balaban J connectivity index is 2.59. The molecule has 0 bridgehead atoms. The van der Waals surface area contributed by atoms with Crippen LogP contribution >= 0.6 is 34.2 Å². The molecule has 0 fully saturated rings. The summed E-state index contributed by atoms with van der Waals surface area (Å²) < 4.78 is 5.74. The van der Waals surface area contributed by atoms with Crippen molar-refractivity contribution in [3.05, 3.63) is 43.3 Å². The van der Waals surface area contributed by atoms with E-state index in [1.807, 2.05) is 22.6 Å². The maximum absolute atomic E-state index is 11.5. The van der Waals surface area contributed by atoms with E-state index in [2.05, 4.69) is 9.97 Å². The van der Waals surface area contributed by atoms with Gasteiger partial charge in [0.05, 0.1) is 16.2 Å². The monoisotopic (exact) mass is 362 g/mol. The molecule has 1 aromatic carbocycles. The molecule has 1 N–H and O–H groups in total. The molecule has 2 rings (SSSR count). The number of rotatable bonds is 2. The van der Waals surface area contributed by atoms with Gasteiger partial charge in [0.15, 0.2) is 0 Å². The van der Waals surface area contributed by atoms with Crippen LogP contribution in [0.3, 0.4) is 0 Å². The van der Waals surface area contributed by atoms with Crippen LogP contribution in [0, 0.1) is 3.57 Å². The van der Waals surface area contributed by atoms with Crippen molar-refractivity contribution >= 4 is 34.2 Å². The minimum absolute atomic E-state index is 0.174. The number of hydrogen-bond donors (Lipinski definition) is 1. The van der Waals surface area contributed by atoms with Gasteiger partial charge >= 0.3 is 0 Å². The van der Waals surface area contributed by atoms with Crippen molar-refractivity contribution in [1.82, 2.24) is 9.97 Å². The number of ether oxygens (including phenoxy) is 1. The Kier molecular flexibility index (Phi) is 3.68. The Labute approximate surface area is 116 Å². The first-order valence-corrected chi connectivity index (χ1v) is 6.16.